The van der Waals surface area contributed by atoms with E-state index in [4.69, 9.17) is 9.90 Å². The minimum Gasteiger partial charge on any atom is -0.475 e. The summed E-state index contributed by atoms with van der Waals surface area (Å²) in [7, 11) is 0. The lowest BCUT2D eigenvalue weighted by Gasteiger charge is -2.43. The molecule has 32 heavy (non-hydrogen) atoms. The van der Waals surface area contributed by atoms with Gasteiger partial charge < -0.3 is 10.4 Å². The van der Waals surface area contributed by atoms with Crippen LogP contribution in [0.3, 0.4) is 0 Å². The molecule has 1 unspecified atom stereocenters. The fraction of sp³-hybridized carbons (Fsp3) is 0.391. The summed E-state index contributed by atoms with van der Waals surface area (Å²) < 4.78 is 44.8. The Labute approximate surface area is 183 Å². The van der Waals surface area contributed by atoms with Crippen molar-refractivity contribution in [2.24, 2.45) is 0 Å². The summed E-state index contributed by atoms with van der Waals surface area (Å²) in [6.07, 6.45) is -2.58. The van der Waals surface area contributed by atoms with E-state index < -0.39 is 12.1 Å². The Balaban J connectivity index is 0.000000360. The maximum Gasteiger partial charge on any atom is 0.490 e. The lowest BCUT2D eigenvalue weighted by atomic mass is 9.74. The van der Waals surface area contributed by atoms with Crippen LogP contribution in [0.15, 0.2) is 54.6 Å². The van der Waals surface area contributed by atoms with Crippen molar-refractivity contribution in [2.45, 2.75) is 43.4 Å². The van der Waals surface area contributed by atoms with E-state index >= 15 is 0 Å². The lowest BCUT2D eigenvalue weighted by molar-refractivity contribution is -0.192. The number of nitrogens with one attached hydrogen (secondary N) is 1. The first-order chi connectivity index (χ1) is 15.1. The lowest BCUT2D eigenvalue weighted by Crippen LogP contribution is -2.53. The van der Waals surface area contributed by atoms with Crippen LogP contribution in [-0.4, -0.2) is 46.7 Å². The molecule has 0 saturated carbocycles. The molecule has 2 saturated heterocycles. The molecule has 2 aromatic carbocycles. The molecule has 2 aliphatic rings. The van der Waals surface area contributed by atoms with Gasteiger partial charge in [0, 0.05) is 37.5 Å². The van der Waals surface area contributed by atoms with Gasteiger partial charge in [-0.15, -0.1) is 0 Å². The van der Waals surface area contributed by atoms with Crippen molar-refractivity contribution in [3.8, 4) is 0 Å². The van der Waals surface area contributed by atoms with Crippen LogP contribution in [0.25, 0.3) is 0 Å². The Hall–Kier alpha value is -2.94. The van der Waals surface area contributed by atoms with Gasteiger partial charge in [0.1, 0.15) is 5.82 Å². The first-order valence-electron chi connectivity index (χ1n) is 10.2. The van der Waals surface area contributed by atoms with Crippen molar-refractivity contribution in [2.75, 3.05) is 13.1 Å². The van der Waals surface area contributed by atoms with Gasteiger partial charge in [0.2, 0.25) is 5.91 Å². The molecular formula is C23H24F4N2O3. The monoisotopic (exact) mass is 452 g/mol. The van der Waals surface area contributed by atoms with Crippen LogP contribution < -0.4 is 5.32 Å². The number of halogens is 4. The number of carbonyl (C=O) groups is 2. The largest absolute Gasteiger partial charge is 0.490 e. The second-order valence-electron chi connectivity index (χ2n) is 8.08. The summed E-state index contributed by atoms with van der Waals surface area (Å²) in [6, 6.07) is 17.1. The van der Waals surface area contributed by atoms with Gasteiger partial charge in [0.25, 0.3) is 0 Å². The number of rotatable bonds is 3. The third kappa shape index (κ3) is 5.85. The summed E-state index contributed by atoms with van der Waals surface area (Å²) in [5.41, 5.74) is 2.28. The fourth-order valence-electron chi connectivity index (χ4n) is 4.35. The van der Waals surface area contributed by atoms with Crippen LogP contribution in [0, 0.1) is 5.82 Å². The zero-order valence-electron chi connectivity index (χ0n) is 17.2. The van der Waals surface area contributed by atoms with Gasteiger partial charge in [-0.2, -0.15) is 13.2 Å². The molecule has 1 atom stereocenters. The van der Waals surface area contributed by atoms with Crippen molar-refractivity contribution in [3.63, 3.8) is 0 Å². The van der Waals surface area contributed by atoms with Crippen molar-refractivity contribution in [1.29, 1.82) is 0 Å². The van der Waals surface area contributed by atoms with E-state index in [-0.39, 0.29) is 23.2 Å². The minimum atomic E-state index is -5.08. The molecule has 172 valence electrons. The third-order valence-corrected chi connectivity index (χ3v) is 5.96. The van der Waals surface area contributed by atoms with Crippen LogP contribution in [0.1, 0.15) is 36.3 Å². The molecule has 2 aliphatic heterocycles. The number of carbonyl (C=O) groups excluding carboxylic acids is 1. The molecule has 2 aromatic rings. The third-order valence-electron chi connectivity index (χ3n) is 5.96. The predicted octanol–water partition coefficient (Wildman–Crippen LogP) is 4.10. The average Bonchev–Trinajstić information content (AvgIpc) is 3.07. The number of benzene rings is 2. The molecule has 1 spiro atoms. The standard InChI is InChI=1S/C21H23FN2O.C2HF3O2/c22-18-8-6-16(7-9-18)15-24-12-10-21(11-13-24)19(14-20(25)23-21)17-4-2-1-3-5-17;3-2(4,5)1(6)7/h1-9,19H,10-15H2,(H,23,25);(H,6,7). The second kappa shape index (κ2) is 9.68. The van der Waals surface area contributed by atoms with Crippen LogP contribution in [0.4, 0.5) is 17.6 Å². The Kier molecular flexibility index (Phi) is 7.18. The second-order valence-corrected chi connectivity index (χ2v) is 8.08. The smallest absolute Gasteiger partial charge is 0.475 e. The van der Waals surface area contributed by atoms with E-state index in [1.807, 2.05) is 18.2 Å². The SMILES string of the molecule is O=C(O)C(F)(F)F.O=C1CC(c2ccccc2)C2(CCN(Cc3ccc(F)cc3)CC2)N1. The zero-order chi connectivity index (χ0) is 23.4. The highest BCUT2D eigenvalue weighted by atomic mass is 19.4. The summed E-state index contributed by atoms with van der Waals surface area (Å²) in [5, 5.41) is 10.4. The Morgan fingerprint density at radius 1 is 1.06 bits per heavy atom. The molecule has 2 heterocycles. The molecule has 0 aromatic heterocycles. The number of alkyl halides is 3. The fourth-order valence-corrected chi connectivity index (χ4v) is 4.35. The van der Waals surface area contributed by atoms with E-state index in [1.165, 1.54) is 17.7 Å². The van der Waals surface area contributed by atoms with Crippen molar-refractivity contribution >= 4 is 11.9 Å². The molecule has 0 bridgehead atoms. The minimum absolute atomic E-state index is 0.113. The number of hydrogen-bond donors (Lipinski definition) is 2. The van der Waals surface area contributed by atoms with Gasteiger partial charge >= 0.3 is 12.1 Å². The molecule has 0 radical (unpaired) electrons. The van der Waals surface area contributed by atoms with Gasteiger partial charge in [0.15, 0.2) is 0 Å². The van der Waals surface area contributed by atoms with Crippen molar-refractivity contribution in [1.82, 2.24) is 10.2 Å². The number of likely N-dealkylation sites (tertiary alicyclic amines) is 1. The summed E-state index contributed by atoms with van der Waals surface area (Å²) >= 11 is 0. The Morgan fingerprint density at radius 3 is 2.16 bits per heavy atom. The van der Waals surface area contributed by atoms with Gasteiger partial charge in [-0.3, -0.25) is 9.69 Å². The van der Waals surface area contributed by atoms with E-state index in [0.29, 0.717) is 6.42 Å². The molecule has 2 fully saturated rings. The molecule has 5 nitrogen and oxygen atoms in total. The Morgan fingerprint density at radius 2 is 1.62 bits per heavy atom. The maximum absolute atomic E-state index is 13.1. The molecule has 1 amide bonds. The summed E-state index contributed by atoms with van der Waals surface area (Å²) in [6.45, 7) is 2.72. The number of amides is 1. The molecule has 0 aliphatic carbocycles. The number of nitrogens with zero attached hydrogens (tertiary/aromatic N) is 1. The number of hydrogen-bond acceptors (Lipinski definition) is 3. The van der Waals surface area contributed by atoms with Crippen LogP contribution in [0.2, 0.25) is 0 Å². The molecular weight excluding hydrogens is 428 g/mol. The van der Waals surface area contributed by atoms with Gasteiger partial charge in [-0.05, 0) is 36.1 Å². The van der Waals surface area contributed by atoms with E-state index in [0.717, 1.165) is 38.0 Å². The van der Waals surface area contributed by atoms with Crippen LogP contribution in [0.5, 0.6) is 0 Å². The quantitative estimate of drug-likeness (QED) is 0.689. The molecule has 2 N–H and O–H groups in total. The predicted molar refractivity (Wildman–Crippen MR) is 109 cm³/mol. The molecule has 4 rings (SSSR count). The van der Waals surface area contributed by atoms with Crippen molar-refractivity contribution < 1.29 is 32.3 Å². The van der Waals surface area contributed by atoms with Gasteiger partial charge in [-0.1, -0.05) is 42.5 Å². The van der Waals surface area contributed by atoms with Gasteiger partial charge in [0.05, 0.1) is 0 Å². The normalized spacial score (nSPS) is 20.4. The maximum atomic E-state index is 13.1. The number of piperidine rings is 1. The number of carboxylic acids is 1. The van der Waals surface area contributed by atoms with Crippen molar-refractivity contribution in [3.05, 3.63) is 71.5 Å². The molecule has 9 heteroatoms. The number of aliphatic carboxylic acids is 1. The van der Waals surface area contributed by atoms with Crippen LogP contribution >= 0.6 is 0 Å². The first kappa shape index (κ1) is 23.7. The summed E-state index contributed by atoms with van der Waals surface area (Å²) in [5.74, 6) is -2.52. The first-order valence-corrected chi connectivity index (χ1v) is 10.2. The van der Waals surface area contributed by atoms with Gasteiger partial charge in [-0.25, -0.2) is 9.18 Å². The van der Waals surface area contributed by atoms with E-state index in [1.54, 1.807) is 0 Å². The van der Waals surface area contributed by atoms with E-state index in [9.17, 15) is 22.4 Å². The van der Waals surface area contributed by atoms with Crippen LogP contribution in [-0.2, 0) is 16.1 Å². The van der Waals surface area contributed by atoms with E-state index in [2.05, 4.69) is 34.5 Å². The zero-order valence-corrected chi connectivity index (χ0v) is 17.2. The summed E-state index contributed by atoms with van der Waals surface area (Å²) in [4.78, 5) is 23.4. The highest BCUT2D eigenvalue weighted by Crippen LogP contribution is 2.43. The number of carboxylic acid groups (broad SMARTS) is 1. The highest BCUT2D eigenvalue weighted by Gasteiger charge is 2.48. The average molecular weight is 452 g/mol. The Bertz CT molecular complexity index is 925. The topological polar surface area (TPSA) is 69.6 Å². The highest BCUT2D eigenvalue weighted by molar-refractivity contribution is 5.81.